The quantitative estimate of drug-likeness (QED) is 0.443. The highest BCUT2D eigenvalue weighted by Gasteiger charge is 2.19. The Balaban J connectivity index is 2.76. The molecule has 20 heavy (non-hydrogen) atoms. The maximum absolute atomic E-state index is 11.9. The zero-order valence-electron chi connectivity index (χ0n) is 12.1. The molecule has 0 aliphatic carbocycles. The standard InChI is InChI=1S/C13H20N4O3/c1-8(12(18)16-13(2,3)4)15-9-5-6-11(17(19)20)10(14)7-9/h5-8,15H,14H2,1-4H3,(H,16,18). The number of nitrogens with zero attached hydrogens (tertiary/aromatic N) is 1. The van der Waals surface area contributed by atoms with Crippen LogP contribution in [0.1, 0.15) is 27.7 Å². The molecule has 7 nitrogen and oxygen atoms in total. The Morgan fingerprint density at radius 1 is 1.40 bits per heavy atom. The lowest BCUT2D eigenvalue weighted by Gasteiger charge is -2.24. The number of hydrogen-bond donors (Lipinski definition) is 3. The first-order chi connectivity index (χ1) is 9.10. The second-order valence-electron chi connectivity index (χ2n) is 5.64. The molecule has 0 saturated carbocycles. The fraction of sp³-hybridized carbons (Fsp3) is 0.462. The van der Waals surface area contributed by atoms with E-state index in [2.05, 4.69) is 10.6 Å². The number of anilines is 2. The smallest absolute Gasteiger partial charge is 0.292 e. The number of carbonyl (C=O) groups excluding carboxylic acids is 1. The Bertz CT molecular complexity index is 523. The third kappa shape index (κ3) is 4.42. The Morgan fingerprint density at radius 2 is 2.00 bits per heavy atom. The summed E-state index contributed by atoms with van der Waals surface area (Å²) in [7, 11) is 0. The van der Waals surface area contributed by atoms with Gasteiger partial charge in [0.05, 0.1) is 4.92 Å². The molecule has 0 radical (unpaired) electrons. The molecule has 0 aromatic heterocycles. The minimum atomic E-state index is -0.547. The van der Waals surface area contributed by atoms with E-state index in [9.17, 15) is 14.9 Å². The van der Waals surface area contributed by atoms with Crippen molar-refractivity contribution in [3.05, 3.63) is 28.3 Å². The number of nitrogen functional groups attached to an aromatic ring is 1. The molecule has 0 spiro atoms. The van der Waals surface area contributed by atoms with Crippen molar-refractivity contribution in [1.29, 1.82) is 0 Å². The first-order valence-electron chi connectivity index (χ1n) is 6.22. The van der Waals surface area contributed by atoms with Crippen LogP contribution < -0.4 is 16.4 Å². The third-order valence-corrected chi connectivity index (χ3v) is 2.50. The van der Waals surface area contributed by atoms with Gasteiger partial charge >= 0.3 is 0 Å². The van der Waals surface area contributed by atoms with E-state index in [1.54, 1.807) is 6.92 Å². The highest BCUT2D eigenvalue weighted by atomic mass is 16.6. The van der Waals surface area contributed by atoms with Crippen LogP contribution in [0.25, 0.3) is 0 Å². The summed E-state index contributed by atoms with van der Waals surface area (Å²) in [6.07, 6.45) is 0. The van der Waals surface area contributed by atoms with Crippen LogP contribution in [-0.4, -0.2) is 22.4 Å². The molecule has 110 valence electrons. The molecule has 0 aliphatic rings. The van der Waals surface area contributed by atoms with Crippen LogP contribution in [0.3, 0.4) is 0 Å². The molecule has 1 unspecified atom stereocenters. The van der Waals surface area contributed by atoms with Gasteiger partial charge in [-0.05, 0) is 39.8 Å². The van der Waals surface area contributed by atoms with Crippen molar-refractivity contribution in [2.24, 2.45) is 0 Å². The summed E-state index contributed by atoms with van der Waals surface area (Å²) in [6.45, 7) is 7.38. The molecule has 0 aliphatic heterocycles. The number of nitrogens with two attached hydrogens (primary N) is 1. The number of carbonyl (C=O) groups is 1. The van der Waals surface area contributed by atoms with Crippen LogP contribution in [0.5, 0.6) is 0 Å². The van der Waals surface area contributed by atoms with E-state index < -0.39 is 11.0 Å². The van der Waals surface area contributed by atoms with Gasteiger partial charge in [0, 0.05) is 17.3 Å². The van der Waals surface area contributed by atoms with E-state index >= 15 is 0 Å². The normalized spacial score (nSPS) is 12.6. The molecule has 1 amide bonds. The lowest BCUT2D eigenvalue weighted by atomic mass is 10.1. The zero-order chi connectivity index (χ0) is 15.5. The number of hydrogen-bond acceptors (Lipinski definition) is 5. The van der Waals surface area contributed by atoms with E-state index in [1.165, 1.54) is 18.2 Å². The first-order valence-corrected chi connectivity index (χ1v) is 6.22. The minimum absolute atomic E-state index is 0.0587. The van der Waals surface area contributed by atoms with Crippen LogP contribution in [0.4, 0.5) is 17.1 Å². The summed E-state index contributed by atoms with van der Waals surface area (Å²) in [6, 6.07) is 3.80. The Labute approximate surface area is 117 Å². The Morgan fingerprint density at radius 3 is 2.45 bits per heavy atom. The van der Waals surface area contributed by atoms with E-state index in [1.807, 2.05) is 20.8 Å². The first kappa shape index (κ1) is 15.7. The van der Waals surface area contributed by atoms with Gasteiger partial charge < -0.3 is 16.4 Å². The molecular weight excluding hydrogens is 260 g/mol. The highest BCUT2D eigenvalue weighted by Crippen LogP contribution is 2.24. The summed E-state index contributed by atoms with van der Waals surface area (Å²) in [5, 5.41) is 16.5. The monoisotopic (exact) mass is 280 g/mol. The fourth-order valence-electron chi connectivity index (χ4n) is 1.60. The highest BCUT2D eigenvalue weighted by molar-refractivity contribution is 5.85. The van der Waals surface area contributed by atoms with Gasteiger partial charge in [-0.1, -0.05) is 0 Å². The molecule has 1 atom stereocenters. The number of nitro benzene ring substituents is 1. The van der Waals surface area contributed by atoms with Crippen LogP contribution >= 0.6 is 0 Å². The van der Waals surface area contributed by atoms with Gasteiger partial charge in [0.15, 0.2) is 0 Å². The van der Waals surface area contributed by atoms with Crippen molar-refractivity contribution in [2.75, 3.05) is 11.1 Å². The molecule has 0 heterocycles. The lowest BCUT2D eigenvalue weighted by molar-refractivity contribution is -0.383. The number of rotatable bonds is 4. The number of benzene rings is 1. The summed E-state index contributed by atoms with van der Waals surface area (Å²) in [4.78, 5) is 22.0. The van der Waals surface area contributed by atoms with Gasteiger partial charge in [0.2, 0.25) is 5.91 Å². The molecule has 0 saturated heterocycles. The molecule has 1 aromatic carbocycles. The van der Waals surface area contributed by atoms with Crippen LogP contribution in [0, 0.1) is 10.1 Å². The van der Waals surface area contributed by atoms with Crippen molar-refractivity contribution in [2.45, 2.75) is 39.3 Å². The number of amides is 1. The van der Waals surface area contributed by atoms with E-state index in [0.717, 1.165) is 0 Å². The maximum atomic E-state index is 11.9. The van der Waals surface area contributed by atoms with Crippen LogP contribution in [-0.2, 0) is 4.79 Å². The Hall–Kier alpha value is -2.31. The topological polar surface area (TPSA) is 110 Å². The van der Waals surface area contributed by atoms with Crippen molar-refractivity contribution in [1.82, 2.24) is 5.32 Å². The molecule has 4 N–H and O–H groups in total. The van der Waals surface area contributed by atoms with E-state index in [-0.39, 0.29) is 22.8 Å². The molecular formula is C13H20N4O3. The molecule has 0 fully saturated rings. The molecule has 7 heteroatoms. The van der Waals surface area contributed by atoms with Crippen molar-refractivity contribution >= 4 is 23.0 Å². The summed E-state index contributed by atoms with van der Waals surface area (Å²) in [5.74, 6) is -0.158. The average molecular weight is 280 g/mol. The molecule has 1 rings (SSSR count). The van der Waals surface area contributed by atoms with Crippen molar-refractivity contribution in [3.8, 4) is 0 Å². The fourth-order valence-corrected chi connectivity index (χ4v) is 1.60. The molecule has 1 aromatic rings. The van der Waals surface area contributed by atoms with Crippen molar-refractivity contribution < 1.29 is 9.72 Å². The minimum Gasteiger partial charge on any atom is -0.393 e. The van der Waals surface area contributed by atoms with Gasteiger partial charge in [-0.15, -0.1) is 0 Å². The number of nitrogens with one attached hydrogen (secondary N) is 2. The maximum Gasteiger partial charge on any atom is 0.292 e. The van der Waals surface area contributed by atoms with Gasteiger partial charge in [-0.2, -0.15) is 0 Å². The predicted octanol–water partition coefficient (Wildman–Crippen LogP) is 1.89. The van der Waals surface area contributed by atoms with Gasteiger partial charge in [0.1, 0.15) is 11.7 Å². The zero-order valence-corrected chi connectivity index (χ0v) is 12.1. The summed E-state index contributed by atoms with van der Waals surface area (Å²) < 4.78 is 0. The summed E-state index contributed by atoms with van der Waals surface area (Å²) >= 11 is 0. The van der Waals surface area contributed by atoms with E-state index in [0.29, 0.717) is 5.69 Å². The molecule has 0 bridgehead atoms. The number of nitro groups is 1. The Kier molecular flexibility index (Phi) is 4.54. The van der Waals surface area contributed by atoms with Crippen LogP contribution in [0.2, 0.25) is 0 Å². The van der Waals surface area contributed by atoms with Gasteiger partial charge in [0.25, 0.3) is 5.69 Å². The van der Waals surface area contributed by atoms with Crippen LogP contribution in [0.15, 0.2) is 18.2 Å². The second kappa shape index (κ2) is 5.77. The summed E-state index contributed by atoms with van der Waals surface area (Å²) in [5.41, 5.74) is 5.74. The SMILES string of the molecule is CC(Nc1ccc([N+](=O)[O-])c(N)c1)C(=O)NC(C)(C)C. The van der Waals surface area contributed by atoms with Gasteiger partial charge in [-0.3, -0.25) is 14.9 Å². The predicted molar refractivity (Wildman–Crippen MR) is 78.5 cm³/mol. The van der Waals surface area contributed by atoms with E-state index in [4.69, 9.17) is 5.73 Å². The lowest BCUT2D eigenvalue weighted by Crippen LogP contribution is -2.47. The van der Waals surface area contributed by atoms with Crippen molar-refractivity contribution in [3.63, 3.8) is 0 Å². The second-order valence-corrected chi connectivity index (χ2v) is 5.64. The third-order valence-electron chi connectivity index (χ3n) is 2.50. The van der Waals surface area contributed by atoms with Gasteiger partial charge in [-0.25, -0.2) is 0 Å². The average Bonchev–Trinajstić information content (AvgIpc) is 2.26. The largest absolute Gasteiger partial charge is 0.393 e.